The van der Waals surface area contributed by atoms with Crippen LogP contribution in [0.2, 0.25) is 0 Å². The van der Waals surface area contributed by atoms with Gasteiger partial charge >= 0.3 is 5.97 Å². The van der Waals surface area contributed by atoms with Gasteiger partial charge in [-0.15, -0.1) is 0 Å². The van der Waals surface area contributed by atoms with E-state index < -0.39 is 12.0 Å². The third-order valence-electron chi connectivity index (χ3n) is 7.65. The fraction of sp³-hybridized carbons (Fsp3) is 0.206. The lowest BCUT2D eigenvalue weighted by Gasteiger charge is -2.25. The molecule has 7 nitrogen and oxygen atoms in total. The molecule has 0 bridgehead atoms. The maximum Gasteiger partial charge on any atom is 0.338 e. The molecular formula is C34H31FN4O3S. The summed E-state index contributed by atoms with van der Waals surface area (Å²) in [5.74, 6) is -0.752. The standard InChI is InChI=1S/C34H31FN4O3S/c1-5-42-33(41)30-21(2)36-34-39(31(30)22-14-16-25(17-15-22)37(3)4)32(40)29(43-34)18-24-20-38(28-13-9-7-11-26(24)28)19-23-10-6-8-12-27(23)35/h6-18,20,31H,5,19H2,1-4H3. The Bertz CT molecular complexity index is 2070. The molecule has 0 spiro atoms. The summed E-state index contributed by atoms with van der Waals surface area (Å²) in [5, 5.41) is 0.948. The number of benzene rings is 3. The Labute approximate surface area is 252 Å². The van der Waals surface area contributed by atoms with Crippen molar-refractivity contribution < 1.29 is 13.9 Å². The molecule has 218 valence electrons. The second-order valence-corrected chi connectivity index (χ2v) is 11.6. The lowest BCUT2D eigenvalue weighted by molar-refractivity contribution is -0.139. The van der Waals surface area contributed by atoms with Crippen LogP contribution in [0.1, 0.15) is 36.6 Å². The molecule has 6 rings (SSSR count). The van der Waals surface area contributed by atoms with Crippen LogP contribution in [0.15, 0.2) is 100 Å². The minimum Gasteiger partial charge on any atom is -0.463 e. The van der Waals surface area contributed by atoms with Crippen LogP contribution in [0.25, 0.3) is 17.0 Å². The van der Waals surface area contributed by atoms with Crippen LogP contribution in [-0.4, -0.2) is 35.8 Å². The summed E-state index contributed by atoms with van der Waals surface area (Å²) in [7, 11) is 3.92. The molecule has 0 aliphatic carbocycles. The number of hydrogen-bond donors (Lipinski definition) is 0. The predicted octanol–water partition coefficient (Wildman–Crippen LogP) is 5.01. The molecule has 5 aromatic rings. The topological polar surface area (TPSA) is 68.8 Å². The molecule has 0 saturated carbocycles. The molecule has 3 aromatic carbocycles. The number of ether oxygens (including phenoxy) is 1. The number of fused-ring (bicyclic) bond motifs is 2. The SMILES string of the molecule is CCOC(=O)C1=C(C)N=c2sc(=Cc3cn(Cc4ccccc4F)c4ccccc34)c(=O)n2C1c1ccc(N(C)C)cc1. The quantitative estimate of drug-likeness (QED) is 0.249. The first-order valence-electron chi connectivity index (χ1n) is 14.0. The summed E-state index contributed by atoms with van der Waals surface area (Å²) in [5.41, 5.74) is 4.77. The monoisotopic (exact) mass is 594 g/mol. The number of carbonyl (C=O) groups excluding carboxylic acids is 1. The summed E-state index contributed by atoms with van der Waals surface area (Å²) in [4.78, 5) is 34.5. The van der Waals surface area contributed by atoms with Crippen LogP contribution in [0, 0.1) is 5.82 Å². The number of aromatic nitrogens is 2. The zero-order valence-electron chi connectivity index (χ0n) is 24.4. The third-order valence-corrected chi connectivity index (χ3v) is 8.63. The van der Waals surface area contributed by atoms with E-state index in [1.807, 2.05) is 90.4 Å². The van der Waals surface area contributed by atoms with Gasteiger partial charge in [0.05, 0.1) is 35.0 Å². The Morgan fingerprint density at radius 1 is 1.07 bits per heavy atom. The highest BCUT2D eigenvalue weighted by atomic mass is 32.1. The van der Waals surface area contributed by atoms with E-state index in [1.54, 1.807) is 30.5 Å². The minimum atomic E-state index is -0.684. The van der Waals surface area contributed by atoms with Gasteiger partial charge in [0.15, 0.2) is 4.80 Å². The Kier molecular flexibility index (Phi) is 7.58. The zero-order chi connectivity index (χ0) is 30.2. The van der Waals surface area contributed by atoms with Crippen LogP contribution in [0.5, 0.6) is 0 Å². The first-order chi connectivity index (χ1) is 20.8. The van der Waals surface area contributed by atoms with E-state index in [2.05, 4.69) is 0 Å². The van der Waals surface area contributed by atoms with Crippen molar-refractivity contribution in [3.8, 4) is 0 Å². The Morgan fingerprint density at radius 3 is 2.51 bits per heavy atom. The molecule has 0 saturated heterocycles. The zero-order valence-corrected chi connectivity index (χ0v) is 25.2. The number of anilines is 1. The second kappa shape index (κ2) is 11.5. The normalized spacial score (nSPS) is 15.0. The van der Waals surface area contributed by atoms with Gasteiger partial charge in [-0.05, 0) is 49.8 Å². The molecular weight excluding hydrogens is 563 g/mol. The average Bonchev–Trinajstić information content (AvgIpc) is 3.50. The van der Waals surface area contributed by atoms with Crippen molar-refractivity contribution in [2.75, 3.05) is 25.6 Å². The first kappa shape index (κ1) is 28.4. The summed E-state index contributed by atoms with van der Waals surface area (Å²) in [6.45, 7) is 4.10. The van der Waals surface area contributed by atoms with Crippen molar-refractivity contribution in [3.63, 3.8) is 0 Å². The number of thiazole rings is 1. The number of para-hydroxylation sites is 1. The molecule has 3 heterocycles. The van der Waals surface area contributed by atoms with E-state index in [0.717, 1.165) is 27.7 Å². The minimum absolute atomic E-state index is 0.212. The molecule has 9 heteroatoms. The number of carbonyl (C=O) groups is 1. The Hall–Kier alpha value is -4.76. The van der Waals surface area contributed by atoms with E-state index in [9.17, 15) is 14.0 Å². The van der Waals surface area contributed by atoms with E-state index in [-0.39, 0.29) is 18.0 Å². The highest BCUT2D eigenvalue weighted by Crippen LogP contribution is 2.32. The predicted molar refractivity (Wildman–Crippen MR) is 169 cm³/mol. The van der Waals surface area contributed by atoms with Crippen molar-refractivity contribution in [2.45, 2.75) is 26.4 Å². The van der Waals surface area contributed by atoms with Crippen molar-refractivity contribution in [1.82, 2.24) is 9.13 Å². The Balaban J connectivity index is 1.51. The van der Waals surface area contributed by atoms with Crippen molar-refractivity contribution in [3.05, 3.63) is 132 Å². The highest BCUT2D eigenvalue weighted by molar-refractivity contribution is 7.07. The van der Waals surface area contributed by atoms with Crippen molar-refractivity contribution in [1.29, 1.82) is 0 Å². The van der Waals surface area contributed by atoms with Gasteiger partial charge in [0.25, 0.3) is 5.56 Å². The smallest absolute Gasteiger partial charge is 0.338 e. The van der Waals surface area contributed by atoms with Gasteiger partial charge in [-0.25, -0.2) is 14.2 Å². The van der Waals surface area contributed by atoms with Crippen molar-refractivity contribution in [2.24, 2.45) is 4.99 Å². The van der Waals surface area contributed by atoms with Crippen LogP contribution in [-0.2, 0) is 16.1 Å². The van der Waals surface area contributed by atoms with Crippen LogP contribution in [0.3, 0.4) is 0 Å². The lowest BCUT2D eigenvalue weighted by Crippen LogP contribution is -2.39. The number of nitrogens with zero attached hydrogens (tertiary/aromatic N) is 4. The summed E-state index contributed by atoms with van der Waals surface area (Å²) in [6.07, 6.45) is 3.81. The maximum atomic E-state index is 14.5. The lowest BCUT2D eigenvalue weighted by atomic mass is 9.95. The molecule has 43 heavy (non-hydrogen) atoms. The molecule has 0 fully saturated rings. The first-order valence-corrected chi connectivity index (χ1v) is 14.9. The maximum absolute atomic E-state index is 14.5. The molecule has 1 aliphatic heterocycles. The summed E-state index contributed by atoms with van der Waals surface area (Å²) in [6, 6.07) is 21.7. The molecule has 1 atom stereocenters. The molecule has 1 unspecified atom stereocenters. The van der Waals surface area contributed by atoms with Gasteiger partial charge in [0.1, 0.15) is 5.82 Å². The number of rotatable bonds is 7. The second-order valence-electron chi connectivity index (χ2n) is 10.6. The van der Waals surface area contributed by atoms with Crippen molar-refractivity contribution >= 4 is 40.0 Å². The number of hydrogen-bond acceptors (Lipinski definition) is 6. The number of halogens is 1. The average molecular weight is 595 g/mol. The van der Waals surface area contributed by atoms with Crippen LogP contribution >= 0.6 is 11.3 Å². The van der Waals surface area contributed by atoms with E-state index in [1.165, 1.54) is 17.4 Å². The van der Waals surface area contributed by atoms with Gasteiger partial charge in [-0.1, -0.05) is 59.9 Å². The number of allylic oxidation sites excluding steroid dienone is 1. The van der Waals surface area contributed by atoms with E-state index in [0.29, 0.717) is 32.7 Å². The molecule has 2 aromatic heterocycles. The highest BCUT2D eigenvalue weighted by Gasteiger charge is 2.33. The molecule has 0 radical (unpaired) electrons. The fourth-order valence-corrected chi connectivity index (χ4v) is 6.57. The van der Waals surface area contributed by atoms with E-state index >= 15 is 0 Å². The summed E-state index contributed by atoms with van der Waals surface area (Å²) < 4.78 is 24.0. The van der Waals surface area contributed by atoms with Gasteiger partial charge in [0.2, 0.25) is 0 Å². The summed E-state index contributed by atoms with van der Waals surface area (Å²) >= 11 is 1.28. The van der Waals surface area contributed by atoms with Gasteiger partial charge in [0, 0.05) is 48.0 Å². The van der Waals surface area contributed by atoms with Gasteiger partial charge in [-0.2, -0.15) is 0 Å². The molecule has 1 aliphatic rings. The third kappa shape index (κ3) is 5.21. The van der Waals surface area contributed by atoms with E-state index in [4.69, 9.17) is 9.73 Å². The molecule has 0 N–H and O–H groups in total. The Morgan fingerprint density at radius 2 is 1.79 bits per heavy atom. The van der Waals surface area contributed by atoms with Crippen LogP contribution in [0.4, 0.5) is 10.1 Å². The van der Waals surface area contributed by atoms with Crippen LogP contribution < -0.4 is 19.8 Å². The fourth-order valence-electron chi connectivity index (χ4n) is 5.53. The largest absolute Gasteiger partial charge is 0.463 e. The molecule has 0 amide bonds. The van der Waals surface area contributed by atoms with Gasteiger partial charge in [-0.3, -0.25) is 9.36 Å². The number of esters is 1. The van der Waals surface area contributed by atoms with Gasteiger partial charge < -0.3 is 14.2 Å².